The standard InChI is InChI=1S/C12H15BrN4OS/c1-18-5-4-14-7-9-6-10(13)2-3-11(9)19-12-15-8-16-17-12/h2-3,6,8,14H,4-5,7H2,1H3,(H,15,16,17). The molecule has 0 atom stereocenters. The Morgan fingerprint density at radius 3 is 3.11 bits per heavy atom. The van der Waals surface area contributed by atoms with Crippen molar-refractivity contribution in [3.8, 4) is 0 Å². The van der Waals surface area contributed by atoms with Crippen molar-refractivity contribution >= 4 is 27.7 Å². The van der Waals surface area contributed by atoms with Gasteiger partial charge in [-0.3, -0.25) is 5.10 Å². The quantitative estimate of drug-likeness (QED) is 0.756. The van der Waals surface area contributed by atoms with Crippen LogP contribution in [0.5, 0.6) is 0 Å². The first-order valence-electron chi connectivity index (χ1n) is 5.81. The summed E-state index contributed by atoms with van der Waals surface area (Å²) in [6.07, 6.45) is 1.51. The Balaban J connectivity index is 2.04. The van der Waals surface area contributed by atoms with E-state index in [9.17, 15) is 0 Å². The molecule has 0 unspecified atom stereocenters. The molecule has 0 aliphatic carbocycles. The number of nitrogens with zero attached hydrogens (tertiary/aromatic N) is 2. The first kappa shape index (κ1) is 14.5. The molecule has 0 radical (unpaired) electrons. The fraction of sp³-hybridized carbons (Fsp3) is 0.333. The maximum Gasteiger partial charge on any atom is 0.188 e. The van der Waals surface area contributed by atoms with E-state index >= 15 is 0 Å². The number of benzene rings is 1. The molecular weight excluding hydrogens is 328 g/mol. The molecule has 0 bridgehead atoms. The van der Waals surface area contributed by atoms with Gasteiger partial charge in [-0.05, 0) is 23.8 Å². The van der Waals surface area contributed by atoms with E-state index in [4.69, 9.17) is 4.74 Å². The lowest BCUT2D eigenvalue weighted by Gasteiger charge is -2.09. The van der Waals surface area contributed by atoms with Gasteiger partial charge < -0.3 is 10.1 Å². The normalized spacial score (nSPS) is 10.8. The molecule has 1 aromatic carbocycles. The van der Waals surface area contributed by atoms with E-state index < -0.39 is 0 Å². The van der Waals surface area contributed by atoms with E-state index in [1.54, 1.807) is 18.9 Å². The highest BCUT2D eigenvalue weighted by atomic mass is 79.9. The number of ether oxygens (including phenoxy) is 1. The van der Waals surface area contributed by atoms with Gasteiger partial charge in [0.25, 0.3) is 0 Å². The third-order valence-corrected chi connectivity index (χ3v) is 3.92. The molecule has 19 heavy (non-hydrogen) atoms. The maximum atomic E-state index is 5.02. The summed E-state index contributed by atoms with van der Waals surface area (Å²) in [6, 6.07) is 6.21. The molecule has 0 aliphatic rings. The molecule has 2 N–H and O–H groups in total. The lowest BCUT2D eigenvalue weighted by Crippen LogP contribution is -2.18. The Morgan fingerprint density at radius 1 is 1.47 bits per heavy atom. The van der Waals surface area contributed by atoms with E-state index in [0.717, 1.165) is 27.6 Å². The number of hydrogen-bond donors (Lipinski definition) is 2. The largest absolute Gasteiger partial charge is 0.383 e. The Bertz CT molecular complexity index is 506. The predicted molar refractivity (Wildman–Crippen MR) is 78.2 cm³/mol. The summed E-state index contributed by atoms with van der Waals surface area (Å²) in [7, 11) is 1.70. The zero-order valence-electron chi connectivity index (χ0n) is 10.5. The number of aromatic nitrogens is 3. The average Bonchev–Trinajstić information content (AvgIpc) is 2.90. The highest BCUT2D eigenvalue weighted by Crippen LogP contribution is 2.29. The van der Waals surface area contributed by atoms with Crippen LogP contribution in [0.2, 0.25) is 0 Å². The topological polar surface area (TPSA) is 62.8 Å². The number of hydrogen-bond acceptors (Lipinski definition) is 5. The van der Waals surface area contributed by atoms with Crippen molar-refractivity contribution in [3.05, 3.63) is 34.6 Å². The Hall–Kier alpha value is -0.890. The van der Waals surface area contributed by atoms with Crippen molar-refractivity contribution in [1.82, 2.24) is 20.5 Å². The summed E-state index contributed by atoms with van der Waals surface area (Å²) in [6.45, 7) is 2.33. The minimum atomic E-state index is 0.707. The van der Waals surface area contributed by atoms with Crippen molar-refractivity contribution in [2.24, 2.45) is 0 Å². The van der Waals surface area contributed by atoms with Gasteiger partial charge in [-0.25, -0.2) is 4.98 Å². The molecular formula is C12H15BrN4OS. The van der Waals surface area contributed by atoms with E-state index in [0.29, 0.717) is 6.61 Å². The predicted octanol–water partition coefficient (Wildman–Crippen LogP) is 2.45. The van der Waals surface area contributed by atoms with Gasteiger partial charge in [-0.1, -0.05) is 27.7 Å². The summed E-state index contributed by atoms with van der Waals surface area (Å²) >= 11 is 5.07. The van der Waals surface area contributed by atoms with Crippen LogP contribution in [0.25, 0.3) is 0 Å². The van der Waals surface area contributed by atoms with E-state index in [2.05, 4.69) is 48.6 Å². The lowest BCUT2D eigenvalue weighted by molar-refractivity contribution is 0.199. The van der Waals surface area contributed by atoms with Crippen molar-refractivity contribution in [2.45, 2.75) is 16.6 Å². The second kappa shape index (κ2) is 7.64. The van der Waals surface area contributed by atoms with Gasteiger partial charge in [0, 0.05) is 29.6 Å². The number of methoxy groups -OCH3 is 1. The molecule has 0 saturated heterocycles. The molecule has 0 aliphatic heterocycles. The van der Waals surface area contributed by atoms with Gasteiger partial charge in [0.2, 0.25) is 0 Å². The fourth-order valence-electron chi connectivity index (χ4n) is 1.53. The van der Waals surface area contributed by atoms with E-state index in [-0.39, 0.29) is 0 Å². The van der Waals surface area contributed by atoms with Gasteiger partial charge in [-0.2, -0.15) is 5.10 Å². The van der Waals surface area contributed by atoms with Gasteiger partial charge in [0.05, 0.1) is 6.61 Å². The van der Waals surface area contributed by atoms with Crippen LogP contribution >= 0.6 is 27.7 Å². The second-order valence-electron chi connectivity index (χ2n) is 3.81. The van der Waals surface area contributed by atoms with Crippen molar-refractivity contribution in [2.75, 3.05) is 20.3 Å². The zero-order valence-corrected chi connectivity index (χ0v) is 12.9. The van der Waals surface area contributed by atoms with Crippen LogP contribution in [-0.2, 0) is 11.3 Å². The average molecular weight is 343 g/mol. The van der Waals surface area contributed by atoms with Gasteiger partial charge in [0.1, 0.15) is 6.33 Å². The first-order valence-corrected chi connectivity index (χ1v) is 7.42. The smallest absolute Gasteiger partial charge is 0.188 e. The summed E-state index contributed by atoms with van der Waals surface area (Å²) < 4.78 is 6.09. The highest BCUT2D eigenvalue weighted by Gasteiger charge is 2.07. The van der Waals surface area contributed by atoms with Gasteiger partial charge in [0.15, 0.2) is 5.16 Å². The molecule has 0 amide bonds. The molecule has 0 fully saturated rings. The summed E-state index contributed by atoms with van der Waals surface area (Å²) in [4.78, 5) is 5.29. The monoisotopic (exact) mass is 342 g/mol. The molecule has 1 aromatic heterocycles. The van der Waals surface area contributed by atoms with E-state index in [1.807, 2.05) is 6.07 Å². The van der Waals surface area contributed by atoms with Gasteiger partial charge >= 0.3 is 0 Å². The maximum absolute atomic E-state index is 5.02. The lowest BCUT2D eigenvalue weighted by atomic mass is 10.2. The summed E-state index contributed by atoms with van der Waals surface area (Å²) in [5.74, 6) is 0. The molecule has 1 heterocycles. The third-order valence-electron chi connectivity index (χ3n) is 2.42. The number of rotatable bonds is 7. The number of halogens is 1. The second-order valence-corrected chi connectivity index (χ2v) is 5.76. The molecule has 102 valence electrons. The summed E-state index contributed by atoms with van der Waals surface area (Å²) in [5.41, 5.74) is 1.21. The third kappa shape index (κ3) is 4.61. The molecule has 7 heteroatoms. The Morgan fingerprint density at radius 2 is 2.37 bits per heavy atom. The van der Waals surface area contributed by atoms with E-state index in [1.165, 1.54) is 11.9 Å². The number of H-pyrrole nitrogens is 1. The number of nitrogens with one attached hydrogen (secondary N) is 2. The zero-order chi connectivity index (χ0) is 13.5. The van der Waals surface area contributed by atoms with Crippen LogP contribution in [0.1, 0.15) is 5.56 Å². The van der Waals surface area contributed by atoms with Crippen LogP contribution in [0.4, 0.5) is 0 Å². The SMILES string of the molecule is COCCNCc1cc(Br)ccc1Sc1ncn[nH]1. The van der Waals surface area contributed by atoms with Gasteiger partial charge in [-0.15, -0.1) is 0 Å². The highest BCUT2D eigenvalue weighted by molar-refractivity contribution is 9.10. The molecule has 5 nitrogen and oxygen atoms in total. The van der Waals surface area contributed by atoms with Crippen LogP contribution in [0, 0.1) is 0 Å². The number of aromatic amines is 1. The van der Waals surface area contributed by atoms with Crippen LogP contribution in [0.15, 0.2) is 39.1 Å². The van der Waals surface area contributed by atoms with Crippen molar-refractivity contribution < 1.29 is 4.74 Å². The molecule has 0 saturated carbocycles. The minimum Gasteiger partial charge on any atom is -0.383 e. The fourth-order valence-corrected chi connectivity index (χ4v) is 2.74. The van der Waals surface area contributed by atoms with Crippen LogP contribution < -0.4 is 5.32 Å². The summed E-state index contributed by atoms with van der Waals surface area (Å²) in [5, 5.41) is 10.8. The van der Waals surface area contributed by atoms with Crippen LogP contribution in [0.3, 0.4) is 0 Å². The first-order chi connectivity index (χ1) is 9.29. The Kier molecular flexibility index (Phi) is 5.84. The van der Waals surface area contributed by atoms with Crippen molar-refractivity contribution in [3.63, 3.8) is 0 Å². The molecule has 0 spiro atoms. The van der Waals surface area contributed by atoms with Crippen molar-refractivity contribution in [1.29, 1.82) is 0 Å². The van der Waals surface area contributed by atoms with Crippen LogP contribution in [-0.4, -0.2) is 35.4 Å². The molecule has 2 rings (SSSR count). The Labute approximate surface area is 124 Å². The molecule has 2 aromatic rings. The minimum absolute atomic E-state index is 0.707.